The average molecular weight is 266 g/mol. The lowest BCUT2D eigenvalue weighted by Gasteiger charge is -2.35. The maximum atomic E-state index is 6.09. The highest BCUT2D eigenvalue weighted by molar-refractivity contribution is 4.91. The van der Waals surface area contributed by atoms with E-state index in [1.54, 1.807) is 0 Å². The van der Waals surface area contributed by atoms with Gasteiger partial charge in [0, 0.05) is 18.6 Å². The zero-order chi connectivity index (χ0) is 13.5. The molecule has 1 saturated heterocycles. The summed E-state index contributed by atoms with van der Waals surface area (Å²) in [7, 11) is 0. The van der Waals surface area contributed by atoms with Gasteiger partial charge >= 0.3 is 0 Å². The molecule has 2 N–H and O–H groups in total. The molecule has 2 nitrogen and oxygen atoms in total. The van der Waals surface area contributed by atoms with Crippen LogP contribution in [0.3, 0.4) is 0 Å². The number of unbranched alkanes of at least 4 members (excludes halogenated alkanes) is 3. The van der Waals surface area contributed by atoms with Gasteiger partial charge in [0.1, 0.15) is 0 Å². The summed E-state index contributed by atoms with van der Waals surface area (Å²) in [6.07, 6.45) is 15.6. The Morgan fingerprint density at radius 2 is 1.84 bits per heavy atom. The number of likely N-dealkylation sites (tertiary alicyclic amines) is 1. The predicted molar refractivity (Wildman–Crippen MR) is 83.3 cm³/mol. The van der Waals surface area contributed by atoms with Gasteiger partial charge in [-0.25, -0.2) is 0 Å². The molecule has 0 amide bonds. The number of rotatable bonds is 8. The average Bonchev–Trinajstić information content (AvgIpc) is 3.09. The lowest BCUT2D eigenvalue weighted by atomic mass is 9.94. The van der Waals surface area contributed by atoms with E-state index in [4.69, 9.17) is 5.73 Å². The van der Waals surface area contributed by atoms with Crippen LogP contribution in [0.25, 0.3) is 0 Å². The van der Waals surface area contributed by atoms with Crippen LogP contribution in [-0.2, 0) is 0 Å². The van der Waals surface area contributed by atoms with E-state index in [1.165, 1.54) is 77.2 Å². The first-order valence-electron chi connectivity index (χ1n) is 8.82. The van der Waals surface area contributed by atoms with Gasteiger partial charge in [-0.05, 0) is 44.6 Å². The summed E-state index contributed by atoms with van der Waals surface area (Å²) >= 11 is 0. The quantitative estimate of drug-likeness (QED) is 0.674. The molecule has 0 bridgehead atoms. The Morgan fingerprint density at radius 3 is 2.53 bits per heavy atom. The lowest BCUT2D eigenvalue weighted by Crippen LogP contribution is -2.46. The van der Waals surface area contributed by atoms with E-state index < -0.39 is 0 Å². The van der Waals surface area contributed by atoms with Crippen molar-refractivity contribution in [2.45, 2.75) is 89.6 Å². The van der Waals surface area contributed by atoms with Crippen molar-refractivity contribution >= 4 is 0 Å². The highest BCUT2D eigenvalue weighted by atomic mass is 15.2. The second kappa shape index (κ2) is 8.26. The van der Waals surface area contributed by atoms with Gasteiger partial charge in [-0.15, -0.1) is 0 Å². The van der Waals surface area contributed by atoms with Gasteiger partial charge in [-0.2, -0.15) is 0 Å². The Morgan fingerprint density at radius 1 is 1.05 bits per heavy atom. The molecule has 1 heterocycles. The molecule has 19 heavy (non-hydrogen) atoms. The van der Waals surface area contributed by atoms with Crippen molar-refractivity contribution < 1.29 is 0 Å². The van der Waals surface area contributed by atoms with Crippen molar-refractivity contribution in [1.29, 1.82) is 0 Å². The van der Waals surface area contributed by atoms with E-state index in [-0.39, 0.29) is 0 Å². The second-order valence-corrected chi connectivity index (χ2v) is 6.73. The van der Waals surface area contributed by atoms with E-state index in [2.05, 4.69) is 11.8 Å². The number of nitrogens with zero attached hydrogens (tertiary/aromatic N) is 1. The first kappa shape index (κ1) is 15.3. The first-order valence-corrected chi connectivity index (χ1v) is 8.82. The number of nitrogens with two attached hydrogens (primary N) is 1. The summed E-state index contributed by atoms with van der Waals surface area (Å²) in [5.74, 6) is 0.993. The number of hydrogen-bond donors (Lipinski definition) is 1. The Balaban J connectivity index is 1.81. The van der Waals surface area contributed by atoms with Gasteiger partial charge in [0.15, 0.2) is 0 Å². The summed E-state index contributed by atoms with van der Waals surface area (Å²) in [4.78, 5) is 2.81. The summed E-state index contributed by atoms with van der Waals surface area (Å²) in [5.41, 5.74) is 6.09. The van der Waals surface area contributed by atoms with Gasteiger partial charge in [-0.3, -0.25) is 4.90 Å². The third-order valence-corrected chi connectivity index (χ3v) is 5.42. The van der Waals surface area contributed by atoms with Gasteiger partial charge in [0.05, 0.1) is 0 Å². The van der Waals surface area contributed by atoms with Gasteiger partial charge in [0.25, 0.3) is 0 Å². The smallest absolute Gasteiger partial charge is 0.0221 e. The summed E-state index contributed by atoms with van der Waals surface area (Å²) < 4.78 is 0. The highest BCUT2D eigenvalue weighted by Gasteiger charge is 2.36. The van der Waals surface area contributed by atoms with Crippen LogP contribution in [0, 0.1) is 5.92 Å². The van der Waals surface area contributed by atoms with Crippen molar-refractivity contribution in [2.24, 2.45) is 11.7 Å². The molecule has 2 unspecified atom stereocenters. The zero-order valence-corrected chi connectivity index (χ0v) is 12.9. The number of hydrogen-bond acceptors (Lipinski definition) is 2. The Hall–Kier alpha value is -0.0800. The molecule has 2 aliphatic rings. The topological polar surface area (TPSA) is 29.3 Å². The van der Waals surface area contributed by atoms with Crippen molar-refractivity contribution in [3.63, 3.8) is 0 Å². The van der Waals surface area contributed by atoms with Crippen LogP contribution >= 0.6 is 0 Å². The lowest BCUT2D eigenvalue weighted by molar-refractivity contribution is 0.130. The molecule has 0 aromatic rings. The Bertz CT molecular complexity index is 235. The zero-order valence-electron chi connectivity index (χ0n) is 12.9. The maximum absolute atomic E-state index is 6.09. The molecule has 1 saturated carbocycles. The van der Waals surface area contributed by atoms with Crippen LogP contribution in [0.5, 0.6) is 0 Å². The molecule has 0 radical (unpaired) electrons. The molecule has 1 aliphatic heterocycles. The van der Waals surface area contributed by atoms with Crippen LogP contribution < -0.4 is 5.73 Å². The molecule has 2 fully saturated rings. The first-order chi connectivity index (χ1) is 9.36. The SMILES string of the molecule is CCCCCCC(CN)N1CCCC1C1CCCC1. The van der Waals surface area contributed by atoms with Crippen LogP contribution in [0.2, 0.25) is 0 Å². The molecule has 112 valence electrons. The summed E-state index contributed by atoms with van der Waals surface area (Å²) in [6.45, 7) is 4.48. The molecule has 2 atom stereocenters. The van der Waals surface area contributed by atoms with E-state index in [1.807, 2.05) is 0 Å². The van der Waals surface area contributed by atoms with E-state index in [0.717, 1.165) is 18.5 Å². The largest absolute Gasteiger partial charge is 0.329 e. The fourth-order valence-electron chi connectivity index (χ4n) is 4.34. The normalized spacial score (nSPS) is 27.2. The van der Waals surface area contributed by atoms with Crippen molar-refractivity contribution in [1.82, 2.24) is 4.90 Å². The molecule has 0 spiro atoms. The van der Waals surface area contributed by atoms with Crippen molar-refractivity contribution in [3.05, 3.63) is 0 Å². The van der Waals surface area contributed by atoms with Crippen LogP contribution in [0.1, 0.15) is 77.6 Å². The fourth-order valence-corrected chi connectivity index (χ4v) is 4.34. The third-order valence-electron chi connectivity index (χ3n) is 5.42. The molecular weight excluding hydrogens is 232 g/mol. The minimum Gasteiger partial charge on any atom is -0.329 e. The molecule has 1 aliphatic carbocycles. The second-order valence-electron chi connectivity index (χ2n) is 6.73. The summed E-state index contributed by atoms with van der Waals surface area (Å²) in [5, 5.41) is 0. The minimum absolute atomic E-state index is 0.671. The van der Waals surface area contributed by atoms with Crippen molar-refractivity contribution in [2.75, 3.05) is 13.1 Å². The third kappa shape index (κ3) is 4.19. The Kier molecular flexibility index (Phi) is 6.66. The summed E-state index contributed by atoms with van der Waals surface area (Å²) in [6, 6.07) is 1.55. The molecule has 2 heteroatoms. The highest BCUT2D eigenvalue weighted by Crippen LogP contribution is 2.36. The van der Waals surface area contributed by atoms with Gasteiger partial charge in [0.2, 0.25) is 0 Å². The maximum Gasteiger partial charge on any atom is 0.0221 e. The molecule has 0 aromatic heterocycles. The van der Waals surface area contributed by atoms with Crippen molar-refractivity contribution in [3.8, 4) is 0 Å². The molecule has 2 rings (SSSR count). The van der Waals surface area contributed by atoms with Crippen LogP contribution in [0.15, 0.2) is 0 Å². The standard InChI is InChI=1S/C17H34N2/c1-2-3-4-5-11-16(14-18)19-13-8-12-17(19)15-9-6-7-10-15/h15-17H,2-14,18H2,1H3. The predicted octanol–water partition coefficient (Wildman–Crippen LogP) is 3.94. The van der Waals surface area contributed by atoms with Crippen LogP contribution in [0.4, 0.5) is 0 Å². The minimum atomic E-state index is 0.671. The Labute approximate surface area is 120 Å². The van der Waals surface area contributed by atoms with Crippen LogP contribution in [-0.4, -0.2) is 30.1 Å². The van der Waals surface area contributed by atoms with E-state index in [0.29, 0.717) is 6.04 Å². The monoisotopic (exact) mass is 266 g/mol. The van der Waals surface area contributed by atoms with Gasteiger partial charge in [-0.1, -0.05) is 45.4 Å². The van der Waals surface area contributed by atoms with E-state index >= 15 is 0 Å². The molecular formula is C17H34N2. The fraction of sp³-hybridized carbons (Fsp3) is 1.00. The van der Waals surface area contributed by atoms with Gasteiger partial charge < -0.3 is 5.73 Å². The van der Waals surface area contributed by atoms with E-state index in [9.17, 15) is 0 Å². The molecule has 0 aromatic carbocycles.